The summed E-state index contributed by atoms with van der Waals surface area (Å²) in [6.45, 7) is 0.0757. The molecule has 1 aromatic heterocycles. The molecule has 1 N–H and O–H groups in total. The summed E-state index contributed by atoms with van der Waals surface area (Å²) in [6.07, 6.45) is 0.998. The van der Waals surface area contributed by atoms with E-state index in [4.69, 9.17) is 32.5 Å². The van der Waals surface area contributed by atoms with Crippen molar-refractivity contribution in [3.05, 3.63) is 51.5 Å². The van der Waals surface area contributed by atoms with Crippen LogP contribution in [0.5, 0.6) is 5.75 Å². The molecule has 26 heavy (non-hydrogen) atoms. The Balaban J connectivity index is 1.91. The van der Waals surface area contributed by atoms with E-state index in [-0.39, 0.29) is 12.4 Å². The first kappa shape index (κ1) is 18.3. The van der Waals surface area contributed by atoms with Gasteiger partial charge in [-0.2, -0.15) is 5.26 Å². The maximum atomic E-state index is 11.4. The number of nitriles is 1. The Hall–Kier alpha value is -2.47. The van der Waals surface area contributed by atoms with Gasteiger partial charge in [0.15, 0.2) is 11.4 Å². The minimum atomic E-state index is -3.53. The van der Waals surface area contributed by atoms with E-state index in [0.717, 1.165) is 6.26 Å². The van der Waals surface area contributed by atoms with E-state index in [1.807, 2.05) is 0 Å². The van der Waals surface area contributed by atoms with Crippen LogP contribution in [0.3, 0.4) is 0 Å². The van der Waals surface area contributed by atoms with E-state index in [1.165, 1.54) is 6.07 Å². The van der Waals surface area contributed by atoms with E-state index < -0.39 is 10.0 Å². The molecular weight excluding hydrogens is 401 g/mol. The molecule has 0 atom stereocenters. The van der Waals surface area contributed by atoms with E-state index >= 15 is 0 Å². The maximum absolute atomic E-state index is 11.4. The minimum Gasteiger partial charge on any atom is -0.489 e. The highest BCUT2D eigenvalue weighted by Crippen LogP contribution is 2.29. The highest BCUT2D eigenvalue weighted by molar-refractivity contribution is 7.92. The zero-order valence-corrected chi connectivity index (χ0v) is 15.6. The molecule has 0 aliphatic heterocycles. The largest absolute Gasteiger partial charge is 0.489 e. The zero-order chi connectivity index (χ0) is 18.9. The number of anilines is 1. The molecular formula is C16H11Cl2N3O4S. The quantitative estimate of drug-likeness (QED) is 0.680. The van der Waals surface area contributed by atoms with E-state index in [9.17, 15) is 13.7 Å². The third-order valence-corrected chi connectivity index (χ3v) is 4.69. The molecule has 10 heteroatoms. The van der Waals surface area contributed by atoms with Crippen molar-refractivity contribution in [2.24, 2.45) is 0 Å². The number of rotatable bonds is 5. The number of aromatic nitrogens is 1. The van der Waals surface area contributed by atoms with Gasteiger partial charge in [-0.25, -0.2) is 8.42 Å². The number of nitrogens with zero attached hydrogens (tertiary/aromatic N) is 2. The van der Waals surface area contributed by atoms with Crippen molar-refractivity contribution in [1.29, 1.82) is 5.26 Å². The van der Waals surface area contributed by atoms with Gasteiger partial charge in [0.05, 0.1) is 33.3 Å². The van der Waals surface area contributed by atoms with Gasteiger partial charge in [-0.05, 0) is 24.3 Å². The smallest absolute Gasteiger partial charge is 0.231 e. The Morgan fingerprint density at radius 1 is 1.27 bits per heavy atom. The highest BCUT2D eigenvalue weighted by atomic mass is 35.5. The molecule has 3 aromatic rings. The van der Waals surface area contributed by atoms with Crippen LogP contribution in [0, 0.1) is 11.3 Å². The molecule has 0 spiro atoms. The highest BCUT2D eigenvalue weighted by Gasteiger charge is 2.16. The number of sulfonamides is 1. The van der Waals surface area contributed by atoms with Crippen molar-refractivity contribution in [2.45, 2.75) is 6.61 Å². The lowest BCUT2D eigenvalue weighted by Gasteiger charge is -2.08. The van der Waals surface area contributed by atoms with E-state index in [2.05, 4.69) is 15.9 Å². The van der Waals surface area contributed by atoms with Crippen LogP contribution in [0.25, 0.3) is 11.0 Å². The third kappa shape index (κ3) is 4.02. The molecule has 0 unspecified atom stereocenters. The fraction of sp³-hybridized carbons (Fsp3) is 0.125. The summed E-state index contributed by atoms with van der Waals surface area (Å²) < 4.78 is 35.8. The summed E-state index contributed by atoms with van der Waals surface area (Å²) in [4.78, 5) is 0. The zero-order valence-electron chi connectivity index (χ0n) is 13.3. The topological polar surface area (TPSA) is 105 Å². The van der Waals surface area contributed by atoms with E-state index in [0.29, 0.717) is 37.9 Å². The molecule has 0 radical (unpaired) electrons. The first-order valence-electron chi connectivity index (χ1n) is 7.15. The fourth-order valence-corrected chi connectivity index (χ4v) is 3.01. The van der Waals surface area contributed by atoms with Crippen molar-refractivity contribution in [1.82, 2.24) is 5.16 Å². The average molecular weight is 412 g/mol. The Morgan fingerprint density at radius 2 is 2.04 bits per heavy atom. The second kappa shape index (κ2) is 7.03. The number of fused-ring (bicyclic) bond motifs is 1. The molecule has 2 aromatic carbocycles. The van der Waals surface area contributed by atoms with Gasteiger partial charge in [-0.1, -0.05) is 28.4 Å². The van der Waals surface area contributed by atoms with Gasteiger partial charge in [0.2, 0.25) is 10.0 Å². The van der Waals surface area contributed by atoms with Gasteiger partial charge in [0, 0.05) is 11.6 Å². The molecule has 7 nitrogen and oxygen atoms in total. The Morgan fingerprint density at radius 3 is 2.69 bits per heavy atom. The molecule has 0 aliphatic carbocycles. The number of hydrogen-bond donors (Lipinski definition) is 1. The Bertz CT molecular complexity index is 1140. The van der Waals surface area contributed by atoms with Gasteiger partial charge < -0.3 is 9.26 Å². The first-order valence-corrected chi connectivity index (χ1v) is 9.79. The summed E-state index contributed by atoms with van der Waals surface area (Å²) in [6, 6.07) is 9.94. The van der Waals surface area contributed by atoms with Crippen LogP contribution in [-0.4, -0.2) is 19.8 Å². The van der Waals surface area contributed by atoms with Crippen LogP contribution in [0.4, 0.5) is 5.82 Å². The lowest BCUT2D eigenvalue weighted by atomic mass is 10.1. The van der Waals surface area contributed by atoms with Gasteiger partial charge in [0.25, 0.3) is 0 Å². The number of hydrogen-bond acceptors (Lipinski definition) is 6. The first-order chi connectivity index (χ1) is 12.3. The number of benzene rings is 2. The van der Waals surface area contributed by atoms with Crippen LogP contribution in [-0.2, 0) is 16.6 Å². The van der Waals surface area contributed by atoms with Gasteiger partial charge in [-0.3, -0.25) is 4.72 Å². The number of ether oxygens (including phenoxy) is 1. The molecule has 0 bridgehead atoms. The molecule has 3 rings (SSSR count). The van der Waals surface area contributed by atoms with Crippen LogP contribution in [0.15, 0.2) is 34.9 Å². The van der Waals surface area contributed by atoms with Crippen molar-refractivity contribution in [2.75, 3.05) is 11.0 Å². The number of nitrogens with one attached hydrogen (secondary N) is 1. The number of halogens is 2. The molecule has 0 amide bonds. The Kier molecular flexibility index (Phi) is 4.96. The third-order valence-electron chi connectivity index (χ3n) is 3.38. The van der Waals surface area contributed by atoms with Crippen LogP contribution < -0.4 is 9.46 Å². The molecule has 0 fully saturated rings. The second-order valence-electron chi connectivity index (χ2n) is 5.39. The second-order valence-corrected chi connectivity index (χ2v) is 7.95. The van der Waals surface area contributed by atoms with Crippen LogP contribution >= 0.6 is 23.2 Å². The minimum absolute atomic E-state index is 0.0240. The van der Waals surface area contributed by atoms with Crippen molar-refractivity contribution >= 4 is 50.0 Å². The van der Waals surface area contributed by atoms with Gasteiger partial charge in [0.1, 0.15) is 12.4 Å². The summed E-state index contributed by atoms with van der Waals surface area (Å²) >= 11 is 11.8. The summed E-state index contributed by atoms with van der Waals surface area (Å²) in [5.41, 5.74) is 1.17. The lowest BCUT2D eigenvalue weighted by Crippen LogP contribution is -2.09. The Labute approximate surface area is 159 Å². The predicted octanol–water partition coefficient (Wildman–Crippen LogP) is 3.96. The van der Waals surface area contributed by atoms with Crippen molar-refractivity contribution in [3.63, 3.8) is 0 Å². The molecule has 0 saturated heterocycles. The molecule has 1 heterocycles. The van der Waals surface area contributed by atoms with Gasteiger partial charge in [-0.15, -0.1) is 0 Å². The van der Waals surface area contributed by atoms with E-state index in [1.54, 1.807) is 24.3 Å². The normalized spacial score (nSPS) is 11.3. The summed E-state index contributed by atoms with van der Waals surface area (Å²) in [5, 5.41) is 14.2. The van der Waals surface area contributed by atoms with Crippen LogP contribution in [0.2, 0.25) is 10.0 Å². The molecule has 0 aliphatic rings. The van der Waals surface area contributed by atoms with Gasteiger partial charge >= 0.3 is 0 Å². The van der Waals surface area contributed by atoms with Crippen molar-refractivity contribution < 1.29 is 17.7 Å². The molecule has 0 saturated carbocycles. The SMILES string of the molecule is CS(=O)(=O)Nc1noc2cc(COc3ccc(Cl)c(Cl)c3)c(C#N)cc12. The summed E-state index contributed by atoms with van der Waals surface area (Å²) in [7, 11) is -3.53. The standard InChI is InChI=1S/C16H11Cl2N3O4S/c1-26(22,23)21-16-12-4-9(7-19)10(5-15(12)25-20-16)8-24-11-2-3-13(17)14(18)6-11/h2-6H,8H2,1H3,(H,20,21). The lowest BCUT2D eigenvalue weighted by molar-refractivity contribution is 0.306. The summed E-state index contributed by atoms with van der Waals surface area (Å²) in [5.74, 6) is 0.511. The average Bonchev–Trinajstić information content (AvgIpc) is 2.95. The van der Waals surface area contributed by atoms with Crippen molar-refractivity contribution in [3.8, 4) is 11.8 Å². The molecule has 134 valence electrons. The monoisotopic (exact) mass is 411 g/mol. The fourth-order valence-electron chi connectivity index (χ4n) is 2.23. The predicted molar refractivity (Wildman–Crippen MR) is 98.0 cm³/mol. The maximum Gasteiger partial charge on any atom is 0.231 e. The van der Waals surface area contributed by atoms with Crippen LogP contribution in [0.1, 0.15) is 11.1 Å².